The van der Waals surface area contributed by atoms with E-state index in [2.05, 4.69) is 5.32 Å². The lowest BCUT2D eigenvalue weighted by Gasteiger charge is -2.15. The molecule has 0 unspecified atom stereocenters. The van der Waals surface area contributed by atoms with Crippen LogP contribution in [0.1, 0.15) is 5.56 Å². The molecule has 1 aliphatic rings. The highest BCUT2D eigenvalue weighted by Gasteiger charge is 2.34. The average molecular weight is 325 g/mol. The van der Waals surface area contributed by atoms with Gasteiger partial charge in [-0.25, -0.2) is 4.79 Å². The smallest absolute Gasteiger partial charge is 0.337 e. The summed E-state index contributed by atoms with van der Waals surface area (Å²) in [6.07, 6.45) is 0. The lowest BCUT2D eigenvalue weighted by Crippen LogP contribution is -2.31. The summed E-state index contributed by atoms with van der Waals surface area (Å²) in [6.45, 7) is 1.94. The molecule has 0 spiro atoms. The number of hydrogen-bond acceptors (Lipinski definition) is 5. The number of aliphatic hydroxyl groups is 1. The molecule has 0 fully saturated rings. The van der Waals surface area contributed by atoms with Gasteiger partial charge in [-0.3, -0.25) is 4.79 Å². The number of carbonyl (C=O) groups is 2. The number of hydrogen-bond donors (Lipinski definition) is 2. The zero-order chi connectivity index (χ0) is 16.3. The number of ether oxygens (including phenoxy) is 1. The number of esters is 1. The van der Waals surface area contributed by atoms with Crippen molar-refractivity contribution < 1.29 is 19.4 Å². The van der Waals surface area contributed by atoms with Crippen molar-refractivity contribution in [2.45, 2.75) is 6.92 Å². The molecule has 1 heterocycles. The van der Waals surface area contributed by atoms with E-state index in [1.54, 1.807) is 18.2 Å². The fourth-order valence-electron chi connectivity index (χ4n) is 2.25. The molecule has 1 aromatic rings. The van der Waals surface area contributed by atoms with Crippen LogP contribution >= 0.6 is 11.6 Å². The SMILES string of the molecule is COC(=O)C1=C(Nc2ccc(Cl)cc2C)C(=O)N(CCO)C1. The monoisotopic (exact) mass is 324 g/mol. The minimum atomic E-state index is -0.567. The Bertz CT molecular complexity index is 642. The number of benzene rings is 1. The summed E-state index contributed by atoms with van der Waals surface area (Å²) in [5, 5.41) is 12.6. The number of carbonyl (C=O) groups excluding carboxylic acids is 2. The van der Waals surface area contributed by atoms with Crippen molar-refractivity contribution >= 4 is 29.2 Å². The summed E-state index contributed by atoms with van der Waals surface area (Å²) >= 11 is 5.91. The maximum absolute atomic E-state index is 12.4. The fraction of sp³-hybridized carbons (Fsp3) is 0.333. The van der Waals surface area contributed by atoms with Crippen molar-refractivity contribution in [2.24, 2.45) is 0 Å². The Hall–Kier alpha value is -2.05. The molecule has 0 aromatic heterocycles. The first kappa shape index (κ1) is 16.3. The van der Waals surface area contributed by atoms with Crippen molar-refractivity contribution in [2.75, 3.05) is 32.1 Å². The molecule has 7 heteroatoms. The second-order valence-electron chi connectivity index (χ2n) is 4.88. The molecule has 6 nitrogen and oxygen atoms in total. The highest BCUT2D eigenvalue weighted by molar-refractivity contribution is 6.30. The lowest BCUT2D eigenvalue weighted by atomic mass is 10.1. The third kappa shape index (κ3) is 3.23. The topological polar surface area (TPSA) is 78.9 Å². The summed E-state index contributed by atoms with van der Waals surface area (Å²) < 4.78 is 4.73. The third-order valence-electron chi connectivity index (χ3n) is 3.40. The first-order valence-electron chi connectivity index (χ1n) is 6.72. The zero-order valence-corrected chi connectivity index (χ0v) is 13.1. The van der Waals surface area contributed by atoms with Crippen LogP contribution in [0, 0.1) is 6.92 Å². The van der Waals surface area contributed by atoms with Crippen LogP contribution in [0.2, 0.25) is 5.02 Å². The number of nitrogens with zero attached hydrogens (tertiary/aromatic N) is 1. The van der Waals surface area contributed by atoms with Gasteiger partial charge < -0.3 is 20.1 Å². The van der Waals surface area contributed by atoms with Gasteiger partial charge in [-0.05, 0) is 30.7 Å². The molecule has 0 radical (unpaired) electrons. The van der Waals surface area contributed by atoms with E-state index in [0.29, 0.717) is 10.7 Å². The van der Waals surface area contributed by atoms with Crippen LogP contribution in [0.5, 0.6) is 0 Å². The first-order chi connectivity index (χ1) is 10.5. The Morgan fingerprint density at radius 3 is 2.82 bits per heavy atom. The van der Waals surface area contributed by atoms with Gasteiger partial charge in [0.25, 0.3) is 5.91 Å². The maximum atomic E-state index is 12.4. The van der Waals surface area contributed by atoms with Crippen LogP contribution in [0.3, 0.4) is 0 Å². The fourth-order valence-corrected chi connectivity index (χ4v) is 2.48. The quantitative estimate of drug-likeness (QED) is 0.799. The van der Waals surface area contributed by atoms with Crippen molar-refractivity contribution in [1.29, 1.82) is 0 Å². The molecule has 118 valence electrons. The molecule has 0 saturated carbocycles. The number of nitrogens with one attached hydrogen (secondary N) is 1. The highest BCUT2D eigenvalue weighted by atomic mass is 35.5. The Balaban J connectivity index is 2.34. The normalized spacial score (nSPS) is 14.5. The van der Waals surface area contributed by atoms with Gasteiger partial charge in [0.15, 0.2) is 0 Å². The van der Waals surface area contributed by atoms with Gasteiger partial charge in [-0.2, -0.15) is 0 Å². The van der Waals surface area contributed by atoms with E-state index < -0.39 is 5.97 Å². The number of aryl methyl sites for hydroxylation is 1. The first-order valence-corrected chi connectivity index (χ1v) is 7.10. The summed E-state index contributed by atoms with van der Waals surface area (Å²) in [4.78, 5) is 25.6. The Morgan fingerprint density at radius 2 is 2.23 bits per heavy atom. The van der Waals surface area contributed by atoms with Gasteiger partial charge in [-0.15, -0.1) is 0 Å². The van der Waals surface area contributed by atoms with Crippen LogP contribution in [0.4, 0.5) is 5.69 Å². The second kappa shape index (κ2) is 6.81. The molecule has 1 aromatic carbocycles. The lowest BCUT2D eigenvalue weighted by molar-refractivity contribution is -0.136. The molecular weight excluding hydrogens is 308 g/mol. The zero-order valence-electron chi connectivity index (χ0n) is 12.4. The number of aliphatic hydroxyl groups excluding tert-OH is 1. The molecule has 22 heavy (non-hydrogen) atoms. The molecule has 2 N–H and O–H groups in total. The molecule has 1 amide bonds. The van der Waals surface area contributed by atoms with E-state index in [9.17, 15) is 9.59 Å². The molecule has 0 atom stereocenters. The molecule has 0 bridgehead atoms. The standard InChI is InChI=1S/C15H17ClN2O4/c1-9-7-10(16)3-4-12(9)17-13-11(15(21)22-2)8-18(5-6-19)14(13)20/h3-4,7,17,19H,5-6,8H2,1-2H3. The third-order valence-corrected chi connectivity index (χ3v) is 3.64. The van der Waals surface area contributed by atoms with Crippen molar-refractivity contribution in [3.8, 4) is 0 Å². The average Bonchev–Trinajstić information content (AvgIpc) is 2.79. The Kier molecular flexibility index (Phi) is 5.05. The number of methoxy groups -OCH3 is 1. The van der Waals surface area contributed by atoms with E-state index in [0.717, 1.165) is 5.56 Å². The number of amides is 1. The minimum absolute atomic E-state index is 0.112. The summed E-state index contributed by atoms with van der Waals surface area (Å²) in [5.74, 6) is -0.910. The van der Waals surface area contributed by atoms with E-state index in [1.807, 2.05) is 6.92 Å². The largest absolute Gasteiger partial charge is 0.466 e. The van der Waals surface area contributed by atoms with Crippen molar-refractivity contribution in [3.05, 3.63) is 40.1 Å². The summed E-state index contributed by atoms with van der Waals surface area (Å²) in [7, 11) is 1.26. The van der Waals surface area contributed by atoms with Crippen molar-refractivity contribution in [3.63, 3.8) is 0 Å². The van der Waals surface area contributed by atoms with Gasteiger partial charge >= 0.3 is 5.97 Å². The number of rotatable bonds is 5. The van der Waals surface area contributed by atoms with Crippen LogP contribution in [0.25, 0.3) is 0 Å². The second-order valence-corrected chi connectivity index (χ2v) is 5.32. The van der Waals surface area contributed by atoms with Crippen LogP contribution in [-0.4, -0.2) is 48.7 Å². The Morgan fingerprint density at radius 1 is 1.50 bits per heavy atom. The number of β-amino-alcohol motifs (C(OH)–C–C–N with tert-alkyl or cyclic N) is 1. The maximum Gasteiger partial charge on any atom is 0.337 e. The van der Waals surface area contributed by atoms with E-state index >= 15 is 0 Å². The van der Waals surface area contributed by atoms with E-state index in [4.69, 9.17) is 21.4 Å². The van der Waals surface area contributed by atoms with Gasteiger partial charge in [0.1, 0.15) is 5.70 Å². The van der Waals surface area contributed by atoms with Gasteiger partial charge in [0.2, 0.25) is 0 Å². The minimum Gasteiger partial charge on any atom is -0.466 e. The summed E-state index contributed by atoms with van der Waals surface area (Å²) in [5.41, 5.74) is 1.94. The van der Waals surface area contributed by atoms with Crippen LogP contribution in [-0.2, 0) is 14.3 Å². The highest BCUT2D eigenvalue weighted by Crippen LogP contribution is 2.26. The Labute approximate surface area is 133 Å². The van der Waals surface area contributed by atoms with Gasteiger partial charge in [0.05, 0.1) is 25.8 Å². The number of halogens is 1. The van der Waals surface area contributed by atoms with Gasteiger partial charge in [-0.1, -0.05) is 11.6 Å². The van der Waals surface area contributed by atoms with Crippen LogP contribution in [0.15, 0.2) is 29.5 Å². The predicted molar refractivity (Wildman–Crippen MR) is 82.5 cm³/mol. The molecule has 0 saturated heterocycles. The molecular formula is C15H17ClN2O4. The number of anilines is 1. The molecule has 1 aliphatic heterocycles. The predicted octanol–water partition coefficient (Wildman–Crippen LogP) is 1.32. The van der Waals surface area contributed by atoms with Crippen molar-refractivity contribution in [1.82, 2.24) is 4.90 Å². The van der Waals surface area contributed by atoms with Gasteiger partial charge in [0, 0.05) is 17.3 Å². The van der Waals surface area contributed by atoms with Crippen LogP contribution < -0.4 is 5.32 Å². The molecule has 0 aliphatic carbocycles. The molecule has 2 rings (SSSR count). The van der Waals surface area contributed by atoms with E-state index in [-0.39, 0.29) is 36.9 Å². The van der Waals surface area contributed by atoms with E-state index in [1.165, 1.54) is 12.0 Å². The summed E-state index contributed by atoms with van der Waals surface area (Å²) in [6, 6.07) is 5.19.